The minimum Gasteiger partial charge on any atom is -0.502 e. The zero-order valence-electron chi connectivity index (χ0n) is 10.0. The van der Waals surface area contributed by atoms with Crippen molar-refractivity contribution in [2.45, 2.75) is 13.5 Å². The molecule has 0 unspecified atom stereocenters. The second-order valence-corrected chi connectivity index (χ2v) is 3.95. The minimum atomic E-state index is 0.0533. The molecule has 1 aromatic rings. The summed E-state index contributed by atoms with van der Waals surface area (Å²) in [6.07, 6.45) is 3.30. The van der Waals surface area contributed by atoms with Crippen molar-refractivity contribution in [1.82, 2.24) is 4.90 Å². The number of ether oxygens (including phenoxy) is 1. The number of methoxy groups -OCH3 is 1. The van der Waals surface area contributed by atoms with Crippen molar-refractivity contribution in [1.29, 1.82) is 0 Å². The lowest BCUT2D eigenvalue weighted by atomic mass is 10.2. The summed E-state index contributed by atoms with van der Waals surface area (Å²) in [7, 11) is 1.61. The van der Waals surface area contributed by atoms with E-state index in [0.29, 0.717) is 0 Å². The van der Waals surface area contributed by atoms with Gasteiger partial charge in [0, 0.05) is 12.6 Å². The fourth-order valence-electron chi connectivity index (χ4n) is 1.74. The van der Waals surface area contributed by atoms with Crippen molar-refractivity contribution in [3.05, 3.63) is 59.6 Å². The first-order chi connectivity index (χ1) is 8.22. The second kappa shape index (κ2) is 4.87. The SMILES string of the molecule is CO/C=C1\C(=C/C(C)=O)N1Cc1ccccc1. The average Bonchev–Trinajstić information content (AvgIpc) is 2.92. The highest BCUT2D eigenvalue weighted by Crippen LogP contribution is 2.39. The molecule has 3 nitrogen and oxygen atoms in total. The van der Waals surface area contributed by atoms with Gasteiger partial charge in [0.25, 0.3) is 0 Å². The van der Waals surface area contributed by atoms with E-state index in [0.717, 1.165) is 17.9 Å². The second-order valence-electron chi connectivity index (χ2n) is 3.95. The van der Waals surface area contributed by atoms with Crippen molar-refractivity contribution < 1.29 is 9.53 Å². The summed E-state index contributed by atoms with van der Waals surface area (Å²) < 4.78 is 4.99. The topological polar surface area (TPSA) is 29.3 Å². The van der Waals surface area contributed by atoms with Gasteiger partial charge in [0.05, 0.1) is 12.8 Å². The smallest absolute Gasteiger partial charge is 0.154 e. The van der Waals surface area contributed by atoms with E-state index >= 15 is 0 Å². The van der Waals surface area contributed by atoms with Gasteiger partial charge in [-0.2, -0.15) is 0 Å². The van der Waals surface area contributed by atoms with Crippen LogP contribution in [0.1, 0.15) is 12.5 Å². The summed E-state index contributed by atoms with van der Waals surface area (Å²) in [6, 6.07) is 10.1. The molecule has 1 saturated heterocycles. The molecule has 0 N–H and O–H groups in total. The highest BCUT2D eigenvalue weighted by Gasteiger charge is 2.34. The Bertz CT molecular complexity index is 474. The molecule has 1 aromatic carbocycles. The monoisotopic (exact) mass is 229 g/mol. The van der Waals surface area contributed by atoms with Gasteiger partial charge in [-0.1, -0.05) is 30.3 Å². The summed E-state index contributed by atoms with van der Waals surface area (Å²) in [5, 5.41) is 0. The molecule has 0 amide bonds. The summed E-state index contributed by atoms with van der Waals surface area (Å²) in [6.45, 7) is 2.32. The number of nitrogens with zero attached hydrogens (tertiary/aromatic N) is 1. The van der Waals surface area contributed by atoms with Gasteiger partial charge in [0.1, 0.15) is 12.0 Å². The first-order valence-electron chi connectivity index (χ1n) is 5.49. The highest BCUT2D eigenvalue weighted by molar-refractivity contribution is 5.89. The standard InChI is InChI=1S/C14H15NO2/c1-11(16)8-13-14(10-17-2)15(13)9-12-6-4-3-5-7-12/h3-8,10H,9H2,1-2H3/b13-8+,14-10+. The van der Waals surface area contributed by atoms with Crippen LogP contribution < -0.4 is 0 Å². The Morgan fingerprint density at radius 2 is 2.00 bits per heavy atom. The maximum Gasteiger partial charge on any atom is 0.154 e. The van der Waals surface area contributed by atoms with E-state index in [1.165, 1.54) is 5.56 Å². The van der Waals surface area contributed by atoms with Crippen LogP contribution in [-0.4, -0.2) is 17.8 Å². The van der Waals surface area contributed by atoms with Crippen LogP contribution in [0.15, 0.2) is 54.1 Å². The molecule has 0 atom stereocenters. The van der Waals surface area contributed by atoms with Crippen molar-refractivity contribution in [3.8, 4) is 0 Å². The van der Waals surface area contributed by atoms with E-state index in [-0.39, 0.29) is 5.78 Å². The Labute approximate surface area is 101 Å². The van der Waals surface area contributed by atoms with E-state index < -0.39 is 0 Å². The first kappa shape index (κ1) is 11.5. The molecule has 1 aliphatic heterocycles. The van der Waals surface area contributed by atoms with Crippen LogP contribution in [0.5, 0.6) is 0 Å². The molecule has 17 heavy (non-hydrogen) atoms. The molecule has 0 saturated carbocycles. The number of allylic oxidation sites excluding steroid dienone is 1. The van der Waals surface area contributed by atoms with Crippen molar-refractivity contribution in [3.63, 3.8) is 0 Å². The molecule has 0 bridgehead atoms. The van der Waals surface area contributed by atoms with Gasteiger partial charge < -0.3 is 9.64 Å². The average molecular weight is 229 g/mol. The maximum absolute atomic E-state index is 11.1. The molecule has 0 aromatic heterocycles. The Morgan fingerprint density at radius 3 is 2.59 bits per heavy atom. The van der Waals surface area contributed by atoms with Crippen molar-refractivity contribution in [2.75, 3.05) is 7.11 Å². The van der Waals surface area contributed by atoms with Gasteiger partial charge in [0.15, 0.2) is 5.78 Å². The number of carbonyl (C=O) groups excluding carboxylic acids is 1. The molecule has 88 valence electrons. The first-order valence-corrected chi connectivity index (χ1v) is 5.49. The van der Waals surface area contributed by atoms with Crippen LogP contribution in [0.4, 0.5) is 0 Å². The van der Waals surface area contributed by atoms with Gasteiger partial charge in [-0.3, -0.25) is 4.79 Å². The molecule has 0 aliphatic carbocycles. The van der Waals surface area contributed by atoms with Crippen molar-refractivity contribution in [2.24, 2.45) is 0 Å². The molecule has 1 heterocycles. The normalized spacial score (nSPS) is 18.6. The van der Waals surface area contributed by atoms with Gasteiger partial charge in [0.2, 0.25) is 0 Å². The van der Waals surface area contributed by atoms with Crippen LogP contribution >= 0.6 is 0 Å². The highest BCUT2D eigenvalue weighted by atomic mass is 16.5. The number of benzene rings is 1. The largest absolute Gasteiger partial charge is 0.502 e. The fourth-order valence-corrected chi connectivity index (χ4v) is 1.74. The lowest BCUT2D eigenvalue weighted by Crippen LogP contribution is -1.95. The van der Waals surface area contributed by atoms with Gasteiger partial charge in [-0.25, -0.2) is 0 Å². The van der Waals surface area contributed by atoms with Crippen LogP contribution in [0, 0.1) is 0 Å². The molecule has 0 spiro atoms. The number of ketones is 1. The summed E-state index contributed by atoms with van der Waals surface area (Å²) in [4.78, 5) is 13.1. The lowest BCUT2D eigenvalue weighted by Gasteiger charge is -2.00. The van der Waals surface area contributed by atoms with Crippen LogP contribution in [0.3, 0.4) is 0 Å². The fraction of sp³-hybridized carbons (Fsp3) is 0.214. The summed E-state index contributed by atoms with van der Waals surface area (Å²) >= 11 is 0. The minimum absolute atomic E-state index is 0.0533. The maximum atomic E-state index is 11.1. The number of rotatable bonds is 4. The predicted molar refractivity (Wildman–Crippen MR) is 65.8 cm³/mol. The van der Waals surface area contributed by atoms with E-state index in [4.69, 9.17) is 4.74 Å². The van der Waals surface area contributed by atoms with Crippen LogP contribution in [0.2, 0.25) is 0 Å². The Balaban J connectivity index is 2.12. The third-order valence-electron chi connectivity index (χ3n) is 2.55. The number of hydrogen-bond donors (Lipinski definition) is 0. The van der Waals surface area contributed by atoms with E-state index in [9.17, 15) is 4.79 Å². The van der Waals surface area contributed by atoms with Gasteiger partial charge >= 0.3 is 0 Å². The molecule has 3 heteroatoms. The molecular weight excluding hydrogens is 214 g/mol. The molecule has 0 radical (unpaired) electrons. The van der Waals surface area contributed by atoms with E-state index in [1.54, 1.807) is 26.4 Å². The van der Waals surface area contributed by atoms with Gasteiger partial charge in [-0.05, 0) is 12.5 Å². The third-order valence-corrected chi connectivity index (χ3v) is 2.55. The Hall–Kier alpha value is -2.03. The molecule has 2 rings (SSSR count). The molecular formula is C14H15NO2. The molecule has 1 fully saturated rings. The van der Waals surface area contributed by atoms with Crippen LogP contribution in [0.25, 0.3) is 0 Å². The zero-order chi connectivity index (χ0) is 12.3. The van der Waals surface area contributed by atoms with E-state index in [2.05, 4.69) is 17.0 Å². The number of hydrogen-bond acceptors (Lipinski definition) is 3. The Morgan fingerprint density at radius 1 is 1.29 bits per heavy atom. The summed E-state index contributed by atoms with van der Waals surface area (Å²) in [5.41, 5.74) is 3.14. The van der Waals surface area contributed by atoms with E-state index in [1.807, 2.05) is 18.2 Å². The quantitative estimate of drug-likeness (QED) is 0.451. The van der Waals surface area contributed by atoms with Gasteiger partial charge in [-0.15, -0.1) is 0 Å². The van der Waals surface area contributed by atoms with Crippen LogP contribution in [-0.2, 0) is 16.1 Å². The summed E-state index contributed by atoms with van der Waals surface area (Å²) in [5.74, 6) is 0.0533. The van der Waals surface area contributed by atoms with Crippen molar-refractivity contribution >= 4 is 5.78 Å². The zero-order valence-corrected chi connectivity index (χ0v) is 10.0. The predicted octanol–water partition coefficient (Wildman–Crippen LogP) is 2.46. The number of carbonyl (C=O) groups is 1. The molecule has 1 aliphatic rings. The third kappa shape index (κ3) is 2.75. The Kier molecular flexibility index (Phi) is 3.28. The lowest BCUT2D eigenvalue weighted by molar-refractivity contribution is -0.112.